The van der Waals surface area contributed by atoms with Gasteiger partial charge in [-0.3, -0.25) is 4.79 Å². The first-order chi connectivity index (χ1) is 9.67. The topological polar surface area (TPSA) is 86.0 Å². The van der Waals surface area contributed by atoms with E-state index < -0.39 is 5.97 Å². The number of aliphatic carboxylic acids is 1. The standard InChI is InChI=1S/C15H17N3O2/c16-8-11-6-9-2-1-3-13(9)18-14(11)17-12-5-4-10(7-12)15(19)20/h6,10,12H,1-5,7H2,(H,17,18)(H,19,20)/t10-,12+/m1/s1. The van der Waals surface area contributed by atoms with Crippen LogP contribution in [-0.4, -0.2) is 22.1 Å². The molecule has 20 heavy (non-hydrogen) atoms. The van der Waals surface area contributed by atoms with Gasteiger partial charge in [0.05, 0.1) is 11.5 Å². The highest BCUT2D eigenvalue weighted by molar-refractivity contribution is 5.70. The molecule has 0 aliphatic heterocycles. The molecule has 1 fully saturated rings. The maximum absolute atomic E-state index is 11.0. The number of carbonyl (C=O) groups is 1. The van der Waals surface area contributed by atoms with Gasteiger partial charge < -0.3 is 10.4 Å². The fourth-order valence-electron chi connectivity index (χ4n) is 3.20. The van der Waals surface area contributed by atoms with Crippen LogP contribution < -0.4 is 5.32 Å². The Balaban J connectivity index is 1.78. The van der Waals surface area contributed by atoms with E-state index in [9.17, 15) is 10.1 Å². The van der Waals surface area contributed by atoms with Crippen LogP contribution in [0.15, 0.2) is 6.07 Å². The summed E-state index contributed by atoms with van der Waals surface area (Å²) in [4.78, 5) is 15.6. The first-order valence-corrected chi connectivity index (χ1v) is 7.09. The molecule has 0 bridgehead atoms. The minimum Gasteiger partial charge on any atom is -0.481 e. The normalized spacial score (nSPS) is 24.1. The van der Waals surface area contributed by atoms with Gasteiger partial charge in [-0.05, 0) is 50.2 Å². The fourth-order valence-corrected chi connectivity index (χ4v) is 3.20. The van der Waals surface area contributed by atoms with Gasteiger partial charge in [0.1, 0.15) is 11.9 Å². The Morgan fingerprint density at radius 2 is 2.30 bits per heavy atom. The van der Waals surface area contributed by atoms with Crippen molar-refractivity contribution in [2.24, 2.45) is 5.92 Å². The third-order valence-corrected chi connectivity index (χ3v) is 4.29. The summed E-state index contributed by atoms with van der Waals surface area (Å²) >= 11 is 0. The van der Waals surface area contributed by atoms with Crippen molar-refractivity contribution in [2.75, 3.05) is 5.32 Å². The van der Waals surface area contributed by atoms with Gasteiger partial charge in [0.15, 0.2) is 0 Å². The molecule has 1 aromatic rings. The third-order valence-electron chi connectivity index (χ3n) is 4.29. The highest BCUT2D eigenvalue weighted by Gasteiger charge is 2.30. The quantitative estimate of drug-likeness (QED) is 0.879. The third kappa shape index (κ3) is 2.34. The van der Waals surface area contributed by atoms with E-state index in [1.54, 1.807) is 0 Å². The first-order valence-electron chi connectivity index (χ1n) is 7.09. The average molecular weight is 271 g/mol. The highest BCUT2D eigenvalue weighted by Crippen LogP contribution is 2.30. The van der Waals surface area contributed by atoms with Gasteiger partial charge in [-0.1, -0.05) is 0 Å². The zero-order valence-corrected chi connectivity index (χ0v) is 11.2. The number of anilines is 1. The van der Waals surface area contributed by atoms with Crippen molar-refractivity contribution in [3.63, 3.8) is 0 Å². The number of hydrogen-bond donors (Lipinski definition) is 2. The molecule has 0 radical (unpaired) electrons. The SMILES string of the molecule is N#Cc1cc2c(nc1N[C@H]1CC[C@@H](C(=O)O)C1)CCC2. The van der Waals surface area contributed by atoms with Crippen molar-refractivity contribution < 1.29 is 9.90 Å². The van der Waals surface area contributed by atoms with Crippen LogP contribution in [0.1, 0.15) is 42.5 Å². The summed E-state index contributed by atoms with van der Waals surface area (Å²) in [7, 11) is 0. The van der Waals surface area contributed by atoms with Crippen LogP contribution in [0.5, 0.6) is 0 Å². The summed E-state index contributed by atoms with van der Waals surface area (Å²) in [5.41, 5.74) is 2.84. The Kier molecular flexibility index (Phi) is 3.31. The van der Waals surface area contributed by atoms with Gasteiger partial charge in [-0.25, -0.2) is 4.98 Å². The number of nitrogens with one attached hydrogen (secondary N) is 1. The largest absolute Gasteiger partial charge is 0.481 e. The van der Waals surface area contributed by atoms with E-state index in [-0.39, 0.29) is 12.0 Å². The van der Waals surface area contributed by atoms with Crippen molar-refractivity contribution in [2.45, 2.75) is 44.6 Å². The summed E-state index contributed by atoms with van der Waals surface area (Å²) in [5.74, 6) is -0.367. The monoisotopic (exact) mass is 271 g/mol. The van der Waals surface area contributed by atoms with Gasteiger partial charge in [0, 0.05) is 11.7 Å². The molecule has 2 aliphatic rings. The Bertz CT molecular complexity index is 592. The van der Waals surface area contributed by atoms with E-state index in [1.807, 2.05) is 6.07 Å². The molecule has 5 nitrogen and oxygen atoms in total. The Labute approximate surface area is 117 Å². The number of aryl methyl sites for hydroxylation is 2. The van der Waals surface area contributed by atoms with E-state index in [0.717, 1.165) is 31.4 Å². The molecule has 2 N–H and O–H groups in total. The van der Waals surface area contributed by atoms with E-state index in [4.69, 9.17) is 5.11 Å². The van der Waals surface area contributed by atoms with Crippen LogP contribution in [0, 0.1) is 17.2 Å². The summed E-state index contributed by atoms with van der Waals surface area (Å²) in [6, 6.07) is 4.23. The lowest BCUT2D eigenvalue weighted by atomic mass is 10.1. The first kappa shape index (κ1) is 12.9. The molecule has 1 aromatic heterocycles. The molecule has 0 aromatic carbocycles. The minimum atomic E-state index is -0.725. The number of aromatic nitrogens is 1. The average Bonchev–Trinajstić information content (AvgIpc) is 3.06. The second-order valence-electron chi connectivity index (χ2n) is 5.65. The Morgan fingerprint density at radius 1 is 1.45 bits per heavy atom. The molecular weight excluding hydrogens is 254 g/mol. The molecule has 104 valence electrons. The smallest absolute Gasteiger partial charge is 0.306 e. The van der Waals surface area contributed by atoms with Crippen LogP contribution in [0.3, 0.4) is 0 Å². The molecule has 2 atom stereocenters. The van der Waals surface area contributed by atoms with E-state index in [1.165, 1.54) is 5.56 Å². The molecular formula is C15H17N3O2. The van der Waals surface area contributed by atoms with Crippen molar-refractivity contribution in [3.8, 4) is 6.07 Å². The molecule has 0 spiro atoms. The van der Waals surface area contributed by atoms with Crippen LogP contribution in [0.25, 0.3) is 0 Å². The lowest BCUT2D eigenvalue weighted by molar-refractivity contribution is -0.141. The maximum atomic E-state index is 11.0. The van der Waals surface area contributed by atoms with Crippen molar-refractivity contribution in [1.29, 1.82) is 5.26 Å². The van der Waals surface area contributed by atoms with Crippen molar-refractivity contribution in [3.05, 3.63) is 22.9 Å². The van der Waals surface area contributed by atoms with Gasteiger partial charge >= 0.3 is 5.97 Å². The molecule has 1 saturated carbocycles. The second-order valence-corrected chi connectivity index (χ2v) is 5.65. The van der Waals surface area contributed by atoms with Gasteiger partial charge in [0.25, 0.3) is 0 Å². The number of nitrogens with zero attached hydrogens (tertiary/aromatic N) is 2. The van der Waals surface area contributed by atoms with Crippen LogP contribution >= 0.6 is 0 Å². The van der Waals surface area contributed by atoms with E-state index in [2.05, 4.69) is 16.4 Å². The second kappa shape index (κ2) is 5.12. The summed E-state index contributed by atoms with van der Waals surface area (Å²) < 4.78 is 0. The highest BCUT2D eigenvalue weighted by atomic mass is 16.4. The van der Waals surface area contributed by atoms with Crippen molar-refractivity contribution in [1.82, 2.24) is 4.98 Å². The number of hydrogen-bond acceptors (Lipinski definition) is 4. The maximum Gasteiger partial charge on any atom is 0.306 e. The predicted octanol–water partition coefficient (Wildman–Crippen LogP) is 2.11. The molecule has 1 heterocycles. The van der Waals surface area contributed by atoms with Crippen molar-refractivity contribution >= 4 is 11.8 Å². The van der Waals surface area contributed by atoms with E-state index >= 15 is 0 Å². The number of nitriles is 1. The number of carboxylic acids is 1. The summed E-state index contributed by atoms with van der Waals surface area (Å²) in [5, 5.41) is 21.5. The predicted molar refractivity (Wildman–Crippen MR) is 73.4 cm³/mol. The Morgan fingerprint density at radius 3 is 3.00 bits per heavy atom. The number of carboxylic acid groups (broad SMARTS) is 1. The zero-order chi connectivity index (χ0) is 14.1. The zero-order valence-electron chi connectivity index (χ0n) is 11.2. The fraction of sp³-hybridized carbons (Fsp3) is 0.533. The number of fused-ring (bicyclic) bond motifs is 1. The van der Waals surface area contributed by atoms with E-state index in [0.29, 0.717) is 24.2 Å². The summed E-state index contributed by atoms with van der Waals surface area (Å²) in [6.07, 6.45) is 5.19. The molecule has 3 rings (SSSR count). The molecule has 0 amide bonds. The molecule has 2 aliphatic carbocycles. The lowest BCUT2D eigenvalue weighted by Crippen LogP contribution is -2.19. The number of rotatable bonds is 3. The Hall–Kier alpha value is -2.09. The van der Waals surface area contributed by atoms with Crippen LogP contribution in [0.4, 0.5) is 5.82 Å². The summed E-state index contributed by atoms with van der Waals surface area (Å²) in [6.45, 7) is 0. The van der Waals surface area contributed by atoms with Crippen LogP contribution in [0.2, 0.25) is 0 Å². The molecule has 0 unspecified atom stereocenters. The van der Waals surface area contributed by atoms with Gasteiger partial charge in [-0.15, -0.1) is 0 Å². The van der Waals surface area contributed by atoms with Gasteiger partial charge in [0.2, 0.25) is 0 Å². The van der Waals surface area contributed by atoms with Gasteiger partial charge in [-0.2, -0.15) is 5.26 Å². The van der Waals surface area contributed by atoms with Crippen LogP contribution in [-0.2, 0) is 17.6 Å². The minimum absolute atomic E-state index is 0.107. The molecule has 5 heteroatoms. The molecule has 0 saturated heterocycles. The lowest BCUT2D eigenvalue weighted by Gasteiger charge is -2.15. The number of pyridine rings is 1.